The summed E-state index contributed by atoms with van der Waals surface area (Å²) in [6.07, 6.45) is 0. The number of anilines is 1. The van der Waals surface area contributed by atoms with Crippen molar-refractivity contribution in [1.82, 2.24) is 4.98 Å². The third-order valence-electron chi connectivity index (χ3n) is 2.77. The number of rotatable bonds is 4. The molecular weight excluding hydrogens is 266 g/mol. The molecule has 0 aliphatic carbocycles. The van der Waals surface area contributed by atoms with E-state index in [-0.39, 0.29) is 12.2 Å². The number of aromatic nitrogens is 1. The molecule has 2 rings (SSSR count). The summed E-state index contributed by atoms with van der Waals surface area (Å²) in [5.41, 5.74) is 0.213. The summed E-state index contributed by atoms with van der Waals surface area (Å²) in [4.78, 5) is 16.4. The van der Waals surface area contributed by atoms with Gasteiger partial charge in [0.25, 0.3) is 0 Å². The smallest absolute Gasteiger partial charge is 0.354 e. The molecule has 0 aliphatic heterocycles. The molecule has 1 heterocycles. The summed E-state index contributed by atoms with van der Waals surface area (Å²) in [5, 5.41) is 8.87. The Morgan fingerprint density at radius 3 is 2.70 bits per heavy atom. The maximum Gasteiger partial charge on any atom is 0.354 e. The van der Waals surface area contributed by atoms with Gasteiger partial charge < -0.3 is 10.0 Å². The van der Waals surface area contributed by atoms with Crippen molar-refractivity contribution in [2.75, 3.05) is 11.9 Å². The Bertz CT molecular complexity index is 647. The van der Waals surface area contributed by atoms with Crippen molar-refractivity contribution in [3.63, 3.8) is 0 Å². The van der Waals surface area contributed by atoms with Crippen molar-refractivity contribution in [2.45, 2.75) is 6.54 Å². The first kappa shape index (κ1) is 13.9. The molecule has 1 aromatic carbocycles. The second kappa shape index (κ2) is 5.64. The number of halogens is 2. The Morgan fingerprint density at radius 1 is 1.30 bits per heavy atom. The predicted molar refractivity (Wildman–Crippen MR) is 69.7 cm³/mol. The molecule has 0 amide bonds. The maximum absolute atomic E-state index is 13.6. The van der Waals surface area contributed by atoms with Crippen molar-refractivity contribution in [3.05, 3.63) is 59.3 Å². The Balaban J connectivity index is 2.21. The normalized spacial score (nSPS) is 10.3. The highest BCUT2D eigenvalue weighted by Gasteiger charge is 2.11. The minimum atomic E-state index is -1.13. The van der Waals surface area contributed by atoms with E-state index in [1.807, 2.05) is 0 Å². The van der Waals surface area contributed by atoms with Crippen LogP contribution in [0.25, 0.3) is 0 Å². The average Bonchev–Trinajstić information content (AvgIpc) is 2.42. The second-order valence-corrected chi connectivity index (χ2v) is 4.28. The SMILES string of the molecule is CN(Cc1ccc(F)cc1F)c1cccc(C(=O)O)n1. The summed E-state index contributed by atoms with van der Waals surface area (Å²) < 4.78 is 26.4. The van der Waals surface area contributed by atoms with Crippen LogP contribution in [-0.2, 0) is 6.54 Å². The molecule has 4 nitrogen and oxygen atoms in total. The van der Waals surface area contributed by atoms with Crippen LogP contribution in [0.2, 0.25) is 0 Å². The van der Waals surface area contributed by atoms with Gasteiger partial charge in [0, 0.05) is 25.2 Å². The number of hydrogen-bond donors (Lipinski definition) is 1. The molecule has 0 radical (unpaired) electrons. The molecule has 0 fully saturated rings. The molecule has 20 heavy (non-hydrogen) atoms. The molecule has 104 valence electrons. The predicted octanol–water partition coefficient (Wildman–Crippen LogP) is 2.69. The van der Waals surface area contributed by atoms with E-state index in [0.717, 1.165) is 6.07 Å². The lowest BCUT2D eigenvalue weighted by molar-refractivity contribution is 0.0690. The molecule has 0 bridgehead atoms. The van der Waals surface area contributed by atoms with Gasteiger partial charge in [0.1, 0.15) is 17.5 Å². The number of carboxylic acid groups (broad SMARTS) is 1. The molecule has 0 aliphatic rings. The van der Waals surface area contributed by atoms with Crippen LogP contribution >= 0.6 is 0 Å². The highest BCUT2D eigenvalue weighted by atomic mass is 19.1. The van der Waals surface area contributed by atoms with Gasteiger partial charge in [0.2, 0.25) is 0 Å². The monoisotopic (exact) mass is 278 g/mol. The van der Waals surface area contributed by atoms with E-state index >= 15 is 0 Å². The number of pyridine rings is 1. The van der Waals surface area contributed by atoms with Crippen LogP contribution in [0.1, 0.15) is 16.1 Å². The van der Waals surface area contributed by atoms with Crippen LogP contribution in [0.15, 0.2) is 36.4 Å². The van der Waals surface area contributed by atoms with Crippen molar-refractivity contribution >= 4 is 11.8 Å². The highest BCUT2D eigenvalue weighted by Crippen LogP contribution is 2.16. The fraction of sp³-hybridized carbons (Fsp3) is 0.143. The topological polar surface area (TPSA) is 53.4 Å². The van der Waals surface area contributed by atoms with Gasteiger partial charge in [0.05, 0.1) is 0 Å². The standard InChI is InChI=1S/C14H12F2N2O2/c1-18(8-9-5-6-10(15)7-11(9)16)13-4-2-3-12(17-13)14(19)20/h2-7H,8H2,1H3,(H,19,20). The minimum absolute atomic E-state index is 0.0890. The van der Waals surface area contributed by atoms with E-state index in [1.165, 1.54) is 18.2 Å². The highest BCUT2D eigenvalue weighted by molar-refractivity contribution is 5.85. The van der Waals surface area contributed by atoms with Gasteiger partial charge in [-0.15, -0.1) is 0 Å². The first-order valence-electron chi connectivity index (χ1n) is 5.83. The lowest BCUT2D eigenvalue weighted by atomic mass is 10.2. The first-order valence-corrected chi connectivity index (χ1v) is 5.83. The molecule has 6 heteroatoms. The first-order chi connectivity index (χ1) is 9.47. The van der Waals surface area contributed by atoms with Crippen molar-refractivity contribution < 1.29 is 18.7 Å². The zero-order valence-corrected chi connectivity index (χ0v) is 10.7. The van der Waals surface area contributed by atoms with Crippen LogP contribution in [0.3, 0.4) is 0 Å². The second-order valence-electron chi connectivity index (χ2n) is 4.28. The fourth-order valence-electron chi connectivity index (χ4n) is 1.74. The van der Waals surface area contributed by atoms with Gasteiger partial charge in [-0.05, 0) is 18.2 Å². The van der Waals surface area contributed by atoms with Crippen LogP contribution in [-0.4, -0.2) is 23.1 Å². The minimum Gasteiger partial charge on any atom is -0.477 e. The summed E-state index contributed by atoms with van der Waals surface area (Å²) in [6, 6.07) is 7.88. The summed E-state index contributed by atoms with van der Waals surface area (Å²) in [6.45, 7) is 0.155. The van der Waals surface area contributed by atoms with Crippen molar-refractivity contribution in [1.29, 1.82) is 0 Å². The molecule has 0 saturated carbocycles. The third-order valence-corrected chi connectivity index (χ3v) is 2.77. The van der Waals surface area contributed by atoms with Crippen LogP contribution in [0.5, 0.6) is 0 Å². The summed E-state index contributed by atoms with van der Waals surface area (Å²) >= 11 is 0. The number of carbonyl (C=O) groups is 1. The summed E-state index contributed by atoms with van der Waals surface area (Å²) in [5.74, 6) is -2.02. The molecular formula is C14H12F2N2O2. The summed E-state index contributed by atoms with van der Waals surface area (Å²) in [7, 11) is 1.65. The number of carboxylic acids is 1. The van der Waals surface area contributed by atoms with E-state index in [9.17, 15) is 13.6 Å². The van der Waals surface area contributed by atoms with E-state index < -0.39 is 17.6 Å². The Morgan fingerprint density at radius 2 is 2.05 bits per heavy atom. The molecule has 0 spiro atoms. The molecule has 0 saturated heterocycles. The third kappa shape index (κ3) is 3.09. The number of aromatic carboxylic acids is 1. The Kier molecular flexibility index (Phi) is 3.93. The largest absolute Gasteiger partial charge is 0.477 e. The molecule has 2 aromatic rings. The van der Waals surface area contributed by atoms with Crippen LogP contribution < -0.4 is 4.90 Å². The lowest BCUT2D eigenvalue weighted by Crippen LogP contribution is -2.19. The number of hydrogen-bond acceptors (Lipinski definition) is 3. The molecule has 0 unspecified atom stereocenters. The number of nitrogens with zero attached hydrogens (tertiary/aromatic N) is 2. The maximum atomic E-state index is 13.6. The van der Waals surface area contributed by atoms with E-state index in [1.54, 1.807) is 24.1 Å². The lowest BCUT2D eigenvalue weighted by Gasteiger charge is -2.18. The zero-order chi connectivity index (χ0) is 14.7. The van der Waals surface area contributed by atoms with Gasteiger partial charge in [-0.3, -0.25) is 0 Å². The van der Waals surface area contributed by atoms with Crippen LogP contribution in [0.4, 0.5) is 14.6 Å². The Hall–Kier alpha value is -2.50. The van der Waals surface area contributed by atoms with Crippen LogP contribution in [0, 0.1) is 11.6 Å². The van der Waals surface area contributed by atoms with E-state index in [4.69, 9.17) is 5.11 Å². The van der Waals surface area contributed by atoms with E-state index in [0.29, 0.717) is 11.4 Å². The fourth-order valence-corrected chi connectivity index (χ4v) is 1.74. The zero-order valence-electron chi connectivity index (χ0n) is 10.7. The Labute approximate surface area is 114 Å². The van der Waals surface area contributed by atoms with Gasteiger partial charge in [-0.2, -0.15) is 0 Å². The van der Waals surface area contributed by atoms with Gasteiger partial charge in [0.15, 0.2) is 5.69 Å². The van der Waals surface area contributed by atoms with E-state index in [2.05, 4.69) is 4.98 Å². The quantitative estimate of drug-likeness (QED) is 0.934. The van der Waals surface area contributed by atoms with Crippen molar-refractivity contribution in [2.24, 2.45) is 0 Å². The molecule has 0 atom stereocenters. The van der Waals surface area contributed by atoms with Crippen molar-refractivity contribution in [3.8, 4) is 0 Å². The molecule has 1 N–H and O–H groups in total. The molecule has 1 aromatic heterocycles. The van der Waals surface area contributed by atoms with Gasteiger partial charge in [-0.25, -0.2) is 18.6 Å². The number of benzene rings is 1. The van der Waals surface area contributed by atoms with Gasteiger partial charge in [-0.1, -0.05) is 12.1 Å². The van der Waals surface area contributed by atoms with Gasteiger partial charge >= 0.3 is 5.97 Å². The average molecular weight is 278 g/mol.